The normalized spacial score (nSPS) is 11.0. The minimum atomic E-state index is -0.547. The first kappa shape index (κ1) is 20.6. The van der Waals surface area contributed by atoms with Gasteiger partial charge in [0.15, 0.2) is 0 Å². The third kappa shape index (κ3) is 4.02. The van der Waals surface area contributed by atoms with Crippen molar-refractivity contribution in [1.82, 2.24) is 14.1 Å². The van der Waals surface area contributed by atoms with Gasteiger partial charge in [0, 0.05) is 29.7 Å². The highest BCUT2D eigenvalue weighted by Crippen LogP contribution is 2.25. The highest BCUT2D eigenvalue weighted by Gasteiger charge is 2.13. The summed E-state index contributed by atoms with van der Waals surface area (Å²) in [6.45, 7) is 0.249. The summed E-state index contributed by atoms with van der Waals surface area (Å²) in [6.07, 6.45) is 3.18. The Labute approximate surface area is 181 Å². The zero-order chi connectivity index (χ0) is 22.1. The number of aryl methyl sites for hydroxylation is 1. The van der Waals surface area contributed by atoms with Gasteiger partial charge in [0.2, 0.25) is 11.7 Å². The van der Waals surface area contributed by atoms with Gasteiger partial charge in [-0.1, -0.05) is 23.7 Å². The molecule has 4 rings (SSSR count). The maximum Gasteiger partial charge on any atom is 0.316 e. The quantitative estimate of drug-likeness (QED) is 0.512. The lowest BCUT2D eigenvalue weighted by Gasteiger charge is -2.16. The van der Waals surface area contributed by atoms with Gasteiger partial charge in [-0.05, 0) is 35.9 Å². The van der Waals surface area contributed by atoms with Crippen molar-refractivity contribution in [3.8, 4) is 5.75 Å². The van der Waals surface area contributed by atoms with E-state index < -0.39 is 11.4 Å². The second-order valence-corrected chi connectivity index (χ2v) is 7.35. The topological polar surface area (TPSA) is 78.2 Å². The standard InChI is InChI=1S/C22H18ClFN4O3/c1-27-9-8-14-15(21(27)30)4-3-5-18(14)25-22-26-20(29)19(31-2)12-28(22)11-13-6-7-17(24)16(23)10-13/h3-10,12H,11H2,1-2H3,(H,25,26,29). The van der Waals surface area contributed by atoms with Crippen molar-refractivity contribution in [2.24, 2.45) is 7.05 Å². The molecule has 31 heavy (non-hydrogen) atoms. The summed E-state index contributed by atoms with van der Waals surface area (Å²) in [5.41, 5.74) is 0.628. The SMILES string of the molecule is COc1cn(Cc2ccc(F)c(Cl)c2)c(Nc2cccc3c(=O)n(C)ccc23)nc1=O. The van der Waals surface area contributed by atoms with E-state index in [1.807, 2.05) is 6.07 Å². The van der Waals surface area contributed by atoms with Crippen molar-refractivity contribution in [3.63, 3.8) is 0 Å². The molecule has 0 aliphatic rings. The maximum absolute atomic E-state index is 13.5. The lowest BCUT2D eigenvalue weighted by Crippen LogP contribution is -2.19. The first-order valence-electron chi connectivity index (χ1n) is 9.32. The monoisotopic (exact) mass is 440 g/mol. The van der Waals surface area contributed by atoms with Gasteiger partial charge in [0.1, 0.15) is 5.82 Å². The fourth-order valence-corrected chi connectivity index (χ4v) is 3.48. The molecule has 7 nitrogen and oxygen atoms in total. The van der Waals surface area contributed by atoms with Crippen molar-refractivity contribution in [2.45, 2.75) is 6.54 Å². The molecule has 9 heteroatoms. The predicted octanol–water partition coefficient (Wildman–Crippen LogP) is 3.69. The molecule has 0 amide bonds. The number of nitrogens with zero attached hydrogens (tertiary/aromatic N) is 3. The second-order valence-electron chi connectivity index (χ2n) is 6.94. The number of benzene rings is 2. The van der Waals surface area contributed by atoms with Crippen LogP contribution in [0, 0.1) is 5.82 Å². The Hall–Kier alpha value is -3.65. The summed E-state index contributed by atoms with van der Waals surface area (Å²) >= 11 is 5.90. The maximum atomic E-state index is 13.5. The van der Waals surface area contributed by atoms with Gasteiger partial charge in [-0.25, -0.2) is 4.39 Å². The van der Waals surface area contributed by atoms with Crippen LogP contribution in [0.4, 0.5) is 16.0 Å². The molecular weight excluding hydrogens is 423 g/mol. The Balaban J connectivity index is 1.81. The molecule has 0 saturated heterocycles. The number of aromatic nitrogens is 3. The van der Waals surface area contributed by atoms with E-state index in [9.17, 15) is 14.0 Å². The van der Waals surface area contributed by atoms with E-state index in [0.717, 1.165) is 0 Å². The fraction of sp³-hybridized carbons (Fsp3) is 0.136. The molecule has 0 bridgehead atoms. The van der Waals surface area contributed by atoms with E-state index in [4.69, 9.17) is 16.3 Å². The number of pyridine rings is 1. The Kier molecular flexibility index (Phi) is 5.48. The molecule has 1 N–H and O–H groups in total. The Bertz CT molecular complexity index is 1410. The van der Waals surface area contributed by atoms with Crippen molar-refractivity contribution >= 4 is 34.0 Å². The molecular formula is C22H18ClFN4O3. The number of rotatable bonds is 5. The zero-order valence-corrected chi connectivity index (χ0v) is 17.5. The van der Waals surface area contributed by atoms with E-state index in [0.29, 0.717) is 22.0 Å². The Morgan fingerprint density at radius 2 is 1.97 bits per heavy atom. The van der Waals surface area contributed by atoms with Gasteiger partial charge < -0.3 is 19.2 Å². The van der Waals surface area contributed by atoms with Crippen LogP contribution in [0.15, 0.2) is 64.4 Å². The van der Waals surface area contributed by atoms with Crippen LogP contribution in [0.1, 0.15) is 5.56 Å². The van der Waals surface area contributed by atoms with E-state index >= 15 is 0 Å². The Morgan fingerprint density at radius 3 is 2.71 bits per heavy atom. The van der Waals surface area contributed by atoms with Gasteiger partial charge in [0.25, 0.3) is 5.56 Å². The Morgan fingerprint density at radius 1 is 1.16 bits per heavy atom. The summed E-state index contributed by atoms with van der Waals surface area (Å²) in [7, 11) is 3.06. The lowest BCUT2D eigenvalue weighted by molar-refractivity contribution is 0.402. The highest BCUT2D eigenvalue weighted by atomic mass is 35.5. The number of anilines is 2. The molecule has 2 heterocycles. The molecule has 0 radical (unpaired) electrons. The molecule has 0 spiro atoms. The van der Waals surface area contributed by atoms with Crippen molar-refractivity contribution in [3.05, 3.63) is 92.0 Å². The summed E-state index contributed by atoms with van der Waals surface area (Å²) in [6, 6.07) is 11.5. The molecule has 0 unspecified atom stereocenters. The molecule has 158 valence electrons. The van der Waals surface area contributed by atoms with Crippen LogP contribution in [0.5, 0.6) is 5.75 Å². The average Bonchev–Trinajstić information content (AvgIpc) is 2.75. The summed E-state index contributed by atoms with van der Waals surface area (Å²) < 4.78 is 21.8. The minimum absolute atomic E-state index is 0.00197. The highest BCUT2D eigenvalue weighted by molar-refractivity contribution is 6.30. The van der Waals surface area contributed by atoms with Crippen LogP contribution in [0.3, 0.4) is 0 Å². The van der Waals surface area contributed by atoms with Crippen LogP contribution in [-0.4, -0.2) is 21.2 Å². The number of methoxy groups -OCH3 is 1. The third-order valence-corrected chi connectivity index (χ3v) is 5.18. The van der Waals surface area contributed by atoms with Crippen LogP contribution in [0.25, 0.3) is 10.8 Å². The number of halogens is 2. The number of nitrogens with one attached hydrogen (secondary N) is 1. The van der Waals surface area contributed by atoms with Gasteiger partial charge in [-0.2, -0.15) is 4.98 Å². The molecule has 2 aromatic heterocycles. The van der Waals surface area contributed by atoms with Gasteiger partial charge in [-0.15, -0.1) is 0 Å². The molecule has 0 atom stereocenters. The number of hydrogen-bond acceptors (Lipinski definition) is 5. The predicted molar refractivity (Wildman–Crippen MR) is 118 cm³/mol. The number of fused-ring (bicyclic) bond motifs is 1. The summed E-state index contributed by atoms with van der Waals surface area (Å²) in [5, 5.41) is 4.36. The van der Waals surface area contributed by atoms with Gasteiger partial charge in [0.05, 0.1) is 24.9 Å². The van der Waals surface area contributed by atoms with E-state index in [1.54, 1.807) is 42.1 Å². The van der Waals surface area contributed by atoms with Crippen LogP contribution < -0.4 is 21.2 Å². The van der Waals surface area contributed by atoms with Crippen molar-refractivity contribution < 1.29 is 9.13 Å². The molecule has 0 fully saturated rings. The molecule has 4 aromatic rings. The third-order valence-electron chi connectivity index (χ3n) is 4.89. The van der Waals surface area contributed by atoms with Crippen LogP contribution >= 0.6 is 11.6 Å². The molecule has 0 aliphatic carbocycles. The lowest BCUT2D eigenvalue weighted by atomic mass is 10.1. The zero-order valence-electron chi connectivity index (χ0n) is 16.7. The second kappa shape index (κ2) is 8.23. The molecule has 0 saturated carbocycles. The number of hydrogen-bond donors (Lipinski definition) is 1. The van der Waals surface area contributed by atoms with Gasteiger partial charge in [-0.3, -0.25) is 9.59 Å². The van der Waals surface area contributed by atoms with Gasteiger partial charge >= 0.3 is 5.56 Å². The molecule has 0 aliphatic heterocycles. The molecule has 2 aromatic carbocycles. The van der Waals surface area contributed by atoms with Crippen molar-refractivity contribution in [2.75, 3.05) is 12.4 Å². The fourth-order valence-electron chi connectivity index (χ4n) is 3.27. The smallest absolute Gasteiger partial charge is 0.316 e. The van der Waals surface area contributed by atoms with Crippen LogP contribution in [-0.2, 0) is 13.6 Å². The van der Waals surface area contributed by atoms with E-state index in [2.05, 4.69) is 10.3 Å². The largest absolute Gasteiger partial charge is 0.490 e. The van der Waals surface area contributed by atoms with Crippen LogP contribution in [0.2, 0.25) is 5.02 Å². The van der Waals surface area contributed by atoms with Crippen molar-refractivity contribution in [1.29, 1.82) is 0 Å². The first-order valence-corrected chi connectivity index (χ1v) is 9.70. The summed E-state index contributed by atoms with van der Waals surface area (Å²) in [5.74, 6) is -0.221. The summed E-state index contributed by atoms with van der Waals surface area (Å²) in [4.78, 5) is 28.9. The number of ether oxygens (including phenoxy) is 1. The van der Waals surface area contributed by atoms with E-state index in [1.165, 1.54) is 30.0 Å². The van der Waals surface area contributed by atoms with E-state index in [-0.39, 0.29) is 28.8 Å². The average molecular weight is 441 g/mol. The first-order chi connectivity index (χ1) is 14.9. The minimum Gasteiger partial charge on any atom is -0.490 e.